The standard InChI is InChI=1S/C70H41N3O2/c1-2-14-42(15-3-1)45-16-12-17-48(38-45)67-71-68(49-34-37-63-56(40-49)54-21-7-11-26-62(54)74-63)73-69(72-67)55-22-13-27-65-66(55)57-39-46(33-36-64(57)75-65)43-28-30-44(31-29-43)47-32-35-53-52-20-6-10-25-60(52)70(61(53)41-47)58-23-8-4-18-50(58)51-19-5-9-24-59(51)70/h1-41H. The van der Waals surface area contributed by atoms with E-state index in [1.807, 2.05) is 48.5 Å². The van der Waals surface area contributed by atoms with Crippen molar-refractivity contribution in [3.63, 3.8) is 0 Å². The van der Waals surface area contributed by atoms with Gasteiger partial charge >= 0.3 is 0 Å². The summed E-state index contributed by atoms with van der Waals surface area (Å²) in [4.78, 5) is 15.8. The van der Waals surface area contributed by atoms with Gasteiger partial charge in [0.2, 0.25) is 0 Å². The second-order valence-corrected chi connectivity index (χ2v) is 19.8. The van der Waals surface area contributed by atoms with E-state index in [9.17, 15) is 0 Å². The second-order valence-electron chi connectivity index (χ2n) is 19.8. The summed E-state index contributed by atoms with van der Waals surface area (Å²) in [5, 5.41) is 3.99. The minimum atomic E-state index is -0.390. The van der Waals surface area contributed by atoms with Crippen LogP contribution in [0.2, 0.25) is 0 Å². The first-order chi connectivity index (χ1) is 37.1. The first-order valence-electron chi connectivity index (χ1n) is 25.5. The topological polar surface area (TPSA) is 65.0 Å². The Hall–Kier alpha value is -9.97. The highest BCUT2D eigenvalue weighted by atomic mass is 16.3. The molecule has 1 spiro atoms. The van der Waals surface area contributed by atoms with Crippen molar-refractivity contribution in [1.82, 2.24) is 15.0 Å². The molecule has 0 atom stereocenters. The predicted octanol–water partition coefficient (Wildman–Crippen LogP) is 18.0. The van der Waals surface area contributed by atoms with Gasteiger partial charge in [0.15, 0.2) is 17.5 Å². The first kappa shape index (κ1) is 41.6. The first-order valence-corrected chi connectivity index (χ1v) is 25.5. The van der Waals surface area contributed by atoms with E-state index in [1.54, 1.807) is 0 Å². The summed E-state index contributed by atoms with van der Waals surface area (Å²) in [5.74, 6) is 1.71. The van der Waals surface area contributed by atoms with E-state index in [0.717, 1.165) is 82.8 Å². The summed E-state index contributed by atoms with van der Waals surface area (Å²) in [6, 6.07) is 88.8. The average Bonchev–Trinajstić information content (AvgIpc) is 4.31. The molecule has 3 aromatic heterocycles. The minimum Gasteiger partial charge on any atom is -0.456 e. The molecule has 14 aromatic rings. The van der Waals surface area contributed by atoms with Gasteiger partial charge in [-0.05, 0) is 132 Å². The smallest absolute Gasteiger partial charge is 0.164 e. The molecular weight excluding hydrogens is 915 g/mol. The van der Waals surface area contributed by atoms with Crippen LogP contribution >= 0.6 is 0 Å². The van der Waals surface area contributed by atoms with Crippen molar-refractivity contribution in [1.29, 1.82) is 0 Å². The third-order valence-corrected chi connectivity index (χ3v) is 15.8. The van der Waals surface area contributed by atoms with Crippen molar-refractivity contribution in [3.8, 4) is 89.8 Å². The summed E-state index contributed by atoms with van der Waals surface area (Å²) in [6.45, 7) is 0. The van der Waals surface area contributed by atoms with E-state index < -0.39 is 5.41 Å². The number of furan rings is 2. The van der Waals surface area contributed by atoms with Crippen molar-refractivity contribution in [2.24, 2.45) is 0 Å². The number of nitrogens with zero attached hydrogens (tertiary/aromatic N) is 3. The van der Waals surface area contributed by atoms with Crippen LogP contribution in [-0.4, -0.2) is 15.0 Å². The molecular formula is C70H41N3O2. The van der Waals surface area contributed by atoms with Crippen LogP contribution in [0.25, 0.3) is 134 Å². The molecule has 16 rings (SSSR count). The molecule has 0 N–H and O–H groups in total. The van der Waals surface area contributed by atoms with Crippen LogP contribution in [0.5, 0.6) is 0 Å². The van der Waals surface area contributed by atoms with Crippen LogP contribution in [0.4, 0.5) is 0 Å². The molecule has 0 amide bonds. The molecule has 75 heavy (non-hydrogen) atoms. The molecule has 5 nitrogen and oxygen atoms in total. The van der Waals surface area contributed by atoms with Gasteiger partial charge in [-0.1, -0.05) is 194 Å². The molecule has 2 aliphatic rings. The van der Waals surface area contributed by atoms with Gasteiger partial charge in [0.25, 0.3) is 0 Å². The van der Waals surface area contributed by atoms with Crippen LogP contribution in [0.15, 0.2) is 258 Å². The lowest BCUT2D eigenvalue weighted by Gasteiger charge is -2.30. The van der Waals surface area contributed by atoms with Gasteiger partial charge in [-0.25, -0.2) is 15.0 Å². The summed E-state index contributed by atoms with van der Waals surface area (Å²) < 4.78 is 12.8. The number of rotatable bonds is 6. The molecule has 11 aromatic carbocycles. The van der Waals surface area contributed by atoms with Crippen molar-refractivity contribution in [2.75, 3.05) is 0 Å². The molecule has 2 aliphatic carbocycles. The molecule has 0 radical (unpaired) electrons. The molecule has 3 heterocycles. The van der Waals surface area contributed by atoms with E-state index in [2.05, 4.69) is 200 Å². The fraction of sp³-hybridized carbons (Fsp3) is 0.0143. The van der Waals surface area contributed by atoms with Gasteiger partial charge < -0.3 is 8.83 Å². The fourth-order valence-electron chi connectivity index (χ4n) is 12.4. The summed E-state index contributed by atoms with van der Waals surface area (Å²) >= 11 is 0. The van der Waals surface area contributed by atoms with Crippen LogP contribution in [0.1, 0.15) is 22.3 Å². The third-order valence-electron chi connectivity index (χ3n) is 15.8. The zero-order valence-electron chi connectivity index (χ0n) is 40.3. The Morgan fingerprint density at radius 3 is 1.39 bits per heavy atom. The Morgan fingerprint density at radius 1 is 0.240 bits per heavy atom. The highest BCUT2D eigenvalue weighted by molar-refractivity contribution is 6.13. The predicted molar refractivity (Wildman–Crippen MR) is 303 cm³/mol. The monoisotopic (exact) mass is 955 g/mol. The molecule has 0 saturated carbocycles. The maximum atomic E-state index is 6.62. The van der Waals surface area contributed by atoms with Gasteiger partial charge in [0.1, 0.15) is 22.3 Å². The molecule has 348 valence electrons. The Balaban J connectivity index is 0.807. The fourth-order valence-corrected chi connectivity index (χ4v) is 12.4. The normalized spacial score (nSPS) is 12.9. The van der Waals surface area contributed by atoms with Gasteiger partial charge in [0, 0.05) is 38.2 Å². The SMILES string of the molecule is c1ccc(-c2cccc(-c3nc(-c4ccc5oc6ccccc6c5c4)nc(-c4cccc5oc6ccc(-c7ccc(-c8ccc9c(c8)C8(c%10ccccc%10-c%10ccccc%108)c8ccccc8-9)cc7)cc6c45)n3)c2)cc1. The second kappa shape index (κ2) is 16.0. The van der Waals surface area contributed by atoms with E-state index >= 15 is 0 Å². The lowest BCUT2D eigenvalue weighted by Crippen LogP contribution is -2.25. The highest BCUT2D eigenvalue weighted by Gasteiger charge is 2.51. The lowest BCUT2D eigenvalue weighted by molar-refractivity contribution is 0.668. The maximum absolute atomic E-state index is 6.62. The number of aromatic nitrogens is 3. The zero-order valence-corrected chi connectivity index (χ0v) is 40.3. The van der Waals surface area contributed by atoms with Crippen molar-refractivity contribution in [2.45, 2.75) is 5.41 Å². The Morgan fingerprint density at radius 2 is 0.667 bits per heavy atom. The molecule has 0 fully saturated rings. The largest absolute Gasteiger partial charge is 0.456 e. The highest BCUT2D eigenvalue weighted by Crippen LogP contribution is 2.63. The summed E-state index contributed by atoms with van der Waals surface area (Å²) in [5.41, 5.74) is 22.8. The van der Waals surface area contributed by atoms with Crippen molar-refractivity contribution in [3.05, 3.63) is 271 Å². The van der Waals surface area contributed by atoms with Gasteiger partial charge in [0.05, 0.1) is 5.41 Å². The lowest BCUT2D eigenvalue weighted by atomic mass is 9.70. The molecule has 0 saturated heterocycles. The molecule has 5 heteroatoms. The summed E-state index contributed by atoms with van der Waals surface area (Å²) in [6.07, 6.45) is 0. The number of fused-ring (bicyclic) bond motifs is 16. The van der Waals surface area contributed by atoms with Gasteiger partial charge in [-0.3, -0.25) is 0 Å². The van der Waals surface area contributed by atoms with Crippen LogP contribution < -0.4 is 0 Å². The molecule has 0 bridgehead atoms. The van der Waals surface area contributed by atoms with Crippen molar-refractivity contribution < 1.29 is 8.83 Å². The number of hydrogen-bond donors (Lipinski definition) is 0. The number of benzene rings is 11. The average molecular weight is 956 g/mol. The Kier molecular flexibility index (Phi) is 8.89. The Labute approximate surface area is 431 Å². The molecule has 0 unspecified atom stereocenters. The third kappa shape index (κ3) is 6.22. The summed E-state index contributed by atoms with van der Waals surface area (Å²) in [7, 11) is 0. The quantitative estimate of drug-likeness (QED) is 0.166. The van der Waals surface area contributed by atoms with E-state index in [0.29, 0.717) is 17.5 Å². The van der Waals surface area contributed by atoms with E-state index in [4.69, 9.17) is 23.8 Å². The van der Waals surface area contributed by atoms with Crippen molar-refractivity contribution >= 4 is 43.9 Å². The van der Waals surface area contributed by atoms with E-state index in [-0.39, 0.29) is 0 Å². The number of hydrogen-bond acceptors (Lipinski definition) is 5. The van der Waals surface area contributed by atoms with E-state index in [1.165, 1.54) is 55.6 Å². The maximum Gasteiger partial charge on any atom is 0.164 e. The van der Waals surface area contributed by atoms with Gasteiger partial charge in [-0.15, -0.1) is 0 Å². The van der Waals surface area contributed by atoms with Crippen LogP contribution in [-0.2, 0) is 5.41 Å². The van der Waals surface area contributed by atoms with Gasteiger partial charge in [-0.2, -0.15) is 0 Å². The number of para-hydroxylation sites is 1. The zero-order chi connectivity index (χ0) is 49.2. The van der Waals surface area contributed by atoms with Crippen LogP contribution in [0.3, 0.4) is 0 Å². The van der Waals surface area contributed by atoms with Crippen LogP contribution in [0, 0.1) is 0 Å². The molecule has 0 aliphatic heterocycles. The minimum absolute atomic E-state index is 0.390. The Bertz CT molecular complexity index is 4600.